The number of rotatable bonds is 3. The first-order chi connectivity index (χ1) is 9.13. The van der Waals surface area contributed by atoms with E-state index >= 15 is 0 Å². The van der Waals surface area contributed by atoms with Gasteiger partial charge >= 0.3 is 5.97 Å². The number of benzene rings is 1. The van der Waals surface area contributed by atoms with Gasteiger partial charge in [0.1, 0.15) is 11.6 Å². The third-order valence-corrected chi connectivity index (χ3v) is 2.72. The molecule has 0 aliphatic carbocycles. The predicted octanol–water partition coefficient (Wildman–Crippen LogP) is 1.49. The highest BCUT2D eigenvalue weighted by molar-refractivity contribution is 5.86. The van der Waals surface area contributed by atoms with E-state index in [1.54, 1.807) is 12.1 Å². The van der Waals surface area contributed by atoms with Crippen molar-refractivity contribution in [2.24, 2.45) is 0 Å². The summed E-state index contributed by atoms with van der Waals surface area (Å²) in [5.74, 6) is -0.512. The van der Waals surface area contributed by atoms with Crippen LogP contribution in [0.5, 0.6) is 0 Å². The summed E-state index contributed by atoms with van der Waals surface area (Å²) in [7, 11) is 0. The minimum atomic E-state index is -1.08. The third-order valence-electron chi connectivity index (χ3n) is 2.72. The molecule has 3 rings (SSSR count). The largest absolute Gasteiger partial charge is 0.476 e. The fourth-order valence-corrected chi connectivity index (χ4v) is 1.83. The van der Waals surface area contributed by atoms with E-state index in [0.29, 0.717) is 18.0 Å². The zero-order valence-corrected chi connectivity index (χ0v) is 9.67. The van der Waals surface area contributed by atoms with Gasteiger partial charge in [0, 0.05) is 6.42 Å². The number of nitrogens with zero attached hydrogens (tertiary/aromatic N) is 3. The topological polar surface area (TPSA) is 83.3 Å². The van der Waals surface area contributed by atoms with E-state index < -0.39 is 5.97 Å². The molecule has 0 radical (unpaired) electrons. The maximum Gasteiger partial charge on any atom is 0.356 e. The van der Waals surface area contributed by atoms with Crippen molar-refractivity contribution in [1.82, 2.24) is 19.6 Å². The molecule has 2 N–H and O–H groups in total. The monoisotopic (exact) mass is 260 g/mol. The van der Waals surface area contributed by atoms with E-state index in [-0.39, 0.29) is 11.5 Å². The van der Waals surface area contributed by atoms with E-state index in [1.165, 1.54) is 22.8 Å². The number of aromatic nitrogens is 4. The molecule has 7 heteroatoms. The van der Waals surface area contributed by atoms with Gasteiger partial charge in [-0.15, -0.1) is 0 Å². The van der Waals surface area contributed by atoms with Gasteiger partial charge in [-0.05, 0) is 17.7 Å². The van der Waals surface area contributed by atoms with E-state index in [4.69, 9.17) is 5.11 Å². The van der Waals surface area contributed by atoms with Crippen LogP contribution in [0, 0.1) is 5.82 Å². The summed E-state index contributed by atoms with van der Waals surface area (Å²) in [6.45, 7) is 0. The van der Waals surface area contributed by atoms with Gasteiger partial charge in [-0.25, -0.2) is 18.7 Å². The zero-order chi connectivity index (χ0) is 13.4. The van der Waals surface area contributed by atoms with Crippen LogP contribution < -0.4 is 0 Å². The molecule has 0 fully saturated rings. The number of aromatic carboxylic acids is 1. The van der Waals surface area contributed by atoms with Gasteiger partial charge in [0.15, 0.2) is 5.69 Å². The van der Waals surface area contributed by atoms with Gasteiger partial charge in [-0.2, -0.15) is 4.98 Å². The Bertz CT molecular complexity index is 745. The lowest BCUT2D eigenvalue weighted by Crippen LogP contribution is -2.02. The van der Waals surface area contributed by atoms with Crippen molar-refractivity contribution in [2.45, 2.75) is 6.42 Å². The van der Waals surface area contributed by atoms with Crippen LogP contribution in [0.25, 0.3) is 5.78 Å². The summed E-state index contributed by atoms with van der Waals surface area (Å²) in [4.78, 5) is 19.0. The second-order valence-corrected chi connectivity index (χ2v) is 4.06. The average Bonchev–Trinajstić information content (AvgIpc) is 2.91. The lowest BCUT2D eigenvalue weighted by atomic mass is 10.1. The van der Waals surface area contributed by atoms with E-state index in [2.05, 4.69) is 15.1 Å². The van der Waals surface area contributed by atoms with Crippen LogP contribution in [0.2, 0.25) is 0 Å². The fourth-order valence-electron chi connectivity index (χ4n) is 1.83. The standard InChI is InChI=1S/C12H9FN4O2/c13-8-3-1-7(2-4-8)5-10-15-12-14-6-9(11(18)19)17(12)16-10/h1-4,6H,5H2,(H,18,19)(H,14,15,16). The van der Waals surface area contributed by atoms with Crippen LogP contribution in [0.3, 0.4) is 0 Å². The summed E-state index contributed by atoms with van der Waals surface area (Å²) in [6.07, 6.45) is 1.69. The molecule has 0 bridgehead atoms. The number of halogens is 1. The highest BCUT2D eigenvalue weighted by atomic mass is 19.1. The summed E-state index contributed by atoms with van der Waals surface area (Å²) in [6, 6.07) is 6.04. The first kappa shape index (κ1) is 11.4. The summed E-state index contributed by atoms with van der Waals surface area (Å²) < 4.78 is 14.1. The molecule has 96 valence electrons. The summed E-state index contributed by atoms with van der Waals surface area (Å²) >= 11 is 0. The van der Waals surface area contributed by atoms with Crippen LogP contribution in [0.4, 0.5) is 4.39 Å². The fraction of sp³-hybridized carbons (Fsp3) is 0.0833. The highest BCUT2D eigenvalue weighted by Gasteiger charge is 2.14. The number of imidazole rings is 1. The smallest absolute Gasteiger partial charge is 0.356 e. The minimum absolute atomic E-state index is 0.0212. The Labute approximate surface area is 106 Å². The number of carbonyl (C=O) groups is 1. The highest BCUT2D eigenvalue weighted by Crippen LogP contribution is 2.10. The first-order valence-electron chi connectivity index (χ1n) is 5.53. The molecule has 0 spiro atoms. The molecule has 2 heterocycles. The number of hydrogen-bond donors (Lipinski definition) is 2. The number of fused-ring (bicyclic) bond motifs is 1. The normalized spacial score (nSPS) is 11.0. The van der Waals surface area contributed by atoms with Crippen LogP contribution in [0.1, 0.15) is 21.9 Å². The van der Waals surface area contributed by atoms with Gasteiger partial charge in [0.05, 0.1) is 6.20 Å². The molecule has 6 nitrogen and oxygen atoms in total. The summed E-state index contributed by atoms with van der Waals surface area (Å²) in [5.41, 5.74) is 0.892. The molecule has 0 aliphatic rings. The van der Waals surface area contributed by atoms with Crippen LogP contribution >= 0.6 is 0 Å². The second-order valence-electron chi connectivity index (χ2n) is 4.06. The molecule has 0 unspecified atom stereocenters. The van der Waals surface area contributed by atoms with Gasteiger partial charge < -0.3 is 5.11 Å². The number of hydrogen-bond acceptors (Lipinski definition) is 3. The van der Waals surface area contributed by atoms with Crippen LogP contribution in [-0.2, 0) is 6.42 Å². The van der Waals surface area contributed by atoms with Gasteiger partial charge in [0.2, 0.25) is 0 Å². The SMILES string of the molecule is O=C(O)c1cnc2nc(Cc3ccc(F)cc3)[nH]n12. The molecule has 2 aromatic heterocycles. The van der Waals surface area contributed by atoms with E-state index in [9.17, 15) is 9.18 Å². The van der Waals surface area contributed by atoms with Crippen molar-refractivity contribution in [2.75, 3.05) is 0 Å². The maximum atomic E-state index is 12.8. The molecule has 3 aromatic rings. The Kier molecular flexibility index (Phi) is 2.52. The lowest BCUT2D eigenvalue weighted by molar-refractivity contribution is 0.0688. The van der Waals surface area contributed by atoms with Gasteiger partial charge in [0.25, 0.3) is 5.78 Å². The Balaban J connectivity index is 1.93. The number of carboxylic acids is 1. The van der Waals surface area contributed by atoms with E-state index in [0.717, 1.165) is 5.56 Å². The number of aromatic amines is 1. The van der Waals surface area contributed by atoms with Gasteiger partial charge in [-0.1, -0.05) is 12.1 Å². The first-order valence-corrected chi connectivity index (χ1v) is 5.53. The second kappa shape index (κ2) is 4.20. The van der Waals surface area contributed by atoms with E-state index in [1.807, 2.05) is 0 Å². The Morgan fingerprint density at radius 2 is 2.11 bits per heavy atom. The Morgan fingerprint density at radius 1 is 1.37 bits per heavy atom. The zero-order valence-electron chi connectivity index (χ0n) is 9.67. The van der Waals surface area contributed by atoms with Crippen molar-refractivity contribution in [1.29, 1.82) is 0 Å². The van der Waals surface area contributed by atoms with Crippen LogP contribution in [0.15, 0.2) is 30.5 Å². The van der Waals surface area contributed by atoms with Gasteiger partial charge in [-0.3, -0.25) is 5.10 Å². The van der Waals surface area contributed by atoms with Crippen molar-refractivity contribution in [3.05, 3.63) is 53.4 Å². The van der Waals surface area contributed by atoms with Crippen molar-refractivity contribution in [3.63, 3.8) is 0 Å². The number of carboxylic acid groups (broad SMARTS) is 1. The molecule has 0 saturated carbocycles. The average molecular weight is 260 g/mol. The third kappa shape index (κ3) is 2.05. The molecule has 0 amide bonds. The molecule has 1 aromatic carbocycles. The quantitative estimate of drug-likeness (QED) is 0.747. The maximum absolute atomic E-state index is 12.8. The molecule has 19 heavy (non-hydrogen) atoms. The minimum Gasteiger partial charge on any atom is -0.476 e. The molecule has 0 aliphatic heterocycles. The molecule has 0 saturated heterocycles. The molecule has 0 atom stereocenters. The van der Waals surface area contributed by atoms with Crippen molar-refractivity contribution < 1.29 is 14.3 Å². The number of H-pyrrole nitrogens is 1. The lowest BCUT2D eigenvalue weighted by Gasteiger charge is -1.97. The Morgan fingerprint density at radius 3 is 2.79 bits per heavy atom. The van der Waals surface area contributed by atoms with Crippen molar-refractivity contribution >= 4 is 11.7 Å². The molecular formula is C12H9FN4O2. The van der Waals surface area contributed by atoms with Crippen LogP contribution in [-0.4, -0.2) is 30.7 Å². The molecular weight excluding hydrogens is 251 g/mol. The predicted molar refractivity (Wildman–Crippen MR) is 63.5 cm³/mol. The number of nitrogens with one attached hydrogen (secondary N) is 1. The Hall–Kier alpha value is -2.70. The summed E-state index contributed by atoms with van der Waals surface area (Å²) in [5, 5.41) is 11.8. The van der Waals surface area contributed by atoms with Crippen molar-refractivity contribution in [3.8, 4) is 0 Å².